The Hall–Kier alpha value is -1.83. The first-order valence-corrected chi connectivity index (χ1v) is 8.91. The summed E-state index contributed by atoms with van der Waals surface area (Å²) in [6.07, 6.45) is 0. The largest absolute Gasteiger partial charge is 0.478 e. The molecule has 1 aromatic carbocycles. The number of hydrogen-bond donors (Lipinski definition) is 2. The molecule has 1 amide bonds. The zero-order chi connectivity index (χ0) is 16.4. The fourth-order valence-electron chi connectivity index (χ4n) is 2.14. The number of nitrogens with zero attached hydrogens (tertiary/aromatic N) is 1. The van der Waals surface area contributed by atoms with Gasteiger partial charge in [0.25, 0.3) is 5.91 Å². The second kappa shape index (κ2) is 6.74. The van der Waals surface area contributed by atoms with Crippen LogP contribution >= 0.6 is 34.7 Å². The minimum absolute atomic E-state index is 0.0836. The van der Waals surface area contributed by atoms with Gasteiger partial charge in [-0.25, -0.2) is 4.79 Å². The third kappa shape index (κ3) is 3.41. The Morgan fingerprint density at radius 3 is 2.65 bits per heavy atom. The van der Waals surface area contributed by atoms with Gasteiger partial charge in [-0.3, -0.25) is 9.79 Å². The van der Waals surface area contributed by atoms with Crippen molar-refractivity contribution in [2.75, 3.05) is 11.1 Å². The molecule has 2 heterocycles. The van der Waals surface area contributed by atoms with Gasteiger partial charge in [-0.2, -0.15) is 0 Å². The number of carboxylic acid groups (broad SMARTS) is 1. The summed E-state index contributed by atoms with van der Waals surface area (Å²) in [5.74, 6) is -0.807. The molecule has 0 bridgehead atoms. The number of amides is 1. The van der Waals surface area contributed by atoms with Crippen molar-refractivity contribution in [2.45, 2.75) is 6.04 Å². The number of thiophene rings is 1. The lowest BCUT2D eigenvalue weighted by Gasteiger charge is -2.08. The number of carboxylic acids is 1. The minimum Gasteiger partial charge on any atom is -0.478 e. The number of aromatic carboxylic acids is 1. The molecule has 0 aliphatic carbocycles. The van der Waals surface area contributed by atoms with E-state index in [0.717, 1.165) is 5.56 Å². The topological polar surface area (TPSA) is 78.8 Å². The standard InChI is InChI=1S/C15H11ClN2O3S2/c16-9-3-1-8(2-4-9)10-5-23-14(12(10)15(20)21)18-13(19)11-6-22-7-17-11/h1-5,7,11H,6H2,(H,18,19)(H,20,21). The van der Waals surface area contributed by atoms with Gasteiger partial charge in [-0.15, -0.1) is 23.1 Å². The second-order valence-corrected chi connectivity index (χ2v) is 6.95. The molecule has 2 aromatic rings. The molecule has 3 rings (SSSR count). The van der Waals surface area contributed by atoms with E-state index in [2.05, 4.69) is 10.3 Å². The lowest BCUT2D eigenvalue weighted by molar-refractivity contribution is -0.116. The number of rotatable bonds is 4. The van der Waals surface area contributed by atoms with Crippen LogP contribution in [0.4, 0.5) is 5.00 Å². The average Bonchev–Trinajstić information content (AvgIpc) is 3.17. The Morgan fingerprint density at radius 2 is 2.04 bits per heavy atom. The third-order valence-electron chi connectivity index (χ3n) is 3.27. The van der Waals surface area contributed by atoms with Gasteiger partial charge in [-0.05, 0) is 17.7 Å². The number of aliphatic imine (C=N–C) groups is 1. The van der Waals surface area contributed by atoms with Gasteiger partial charge < -0.3 is 10.4 Å². The van der Waals surface area contributed by atoms with E-state index in [0.29, 0.717) is 21.3 Å². The maximum absolute atomic E-state index is 12.1. The average molecular weight is 367 g/mol. The molecule has 0 spiro atoms. The fourth-order valence-corrected chi connectivity index (χ4v) is 3.97. The molecule has 0 fully saturated rings. The monoisotopic (exact) mass is 366 g/mol. The molecule has 2 N–H and O–H groups in total. The number of halogens is 1. The minimum atomic E-state index is -1.09. The third-order valence-corrected chi connectivity index (χ3v) is 5.20. The molecule has 118 valence electrons. The number of thioether (sulfide) groups is 1. The zero-order valence-corrected chi connectivity index (χ0v) is 14.0. The van der Waals surface area contributed by atoms with Crippen LogP contribution in [0.2, 0.25) is 5.02 Å². The number of carbonyl (C=O) groups is 2. The van der Waals surface area contributed by atoms with Crippen molar-refractivity contribution < 1.29 is 14.7 Å². The van der Waals surface area contributed by atoms with Crippen molar-refractivity contribution in [3.8, 4) is 11.1 Å². The van der Waals surface area contributed by atoms with E-state index >= 15 is 0 Å². The van der Waals surface area contributed by atoms with Crippen molar-refractivity contribution in [1.29, 1.82) is 0 Å². The molecular formula is C15H11ClN2O3S2. The molecule has 0 radical (unpaired) electrons. The quantitative estimate of drug-likeness (QED) is 0.861. The summed E-state index contributed by atoms with van der Waals surface area (Å²) in [5.41, 5.74) is 3.01. The van der Waals surface area contributed by atoms with Crippen LogP contribution in [0.5, 0.6) is 0 Å². The number of benzene rings is 1. The molecule has 23 heavy (non-hydrogen) atoms. The molecule has 1 aromatic heterocycles. The van der Waals surface area contributed by atoms with Crippen LogP contribution in [0.25, 0.3) is 11.1 Å². The molecule has 1 atom stereocenters. The summed E-state index contributed by atoms with van der Waals surface area (Å²) in [4.78, 5) is 27.8. The lowest BCUT2D eigenvalue weighted by Crippen LogP contribution is -2.26. The van der Waals surface area contributed by atoms with Crippen LogP contribution < -0.4 is 5.32 Å². The van der Waals surface area contributed by atoms with Gasteiger partial charge in [0.15, 0.2) is 0 Å². The Labute approximate surface area is 145 Å². The van der Waals surface area contributed by atoms with E-state index in [4.69, 9.17) is 11.6 Å². The van der Waals surface area contributed by atoms with Crippen molar-refractivity contribution in [3.05, 3.63) is 40.2 Å². The van der Waals surface area contributed by atoms with Gasteiger partial charge in [0.05, 0.1) is 5.55 Å². The van der Waals surface area contributed by atoms with Crippen LogP contribution in [-0.4, -0.2) is 34.3 Å². The number of anilines is 1. The maximum atomic E-state index is 12.1. The Kier molecular flexibility index (Phi) is 4.70. The molecule has 0 saturated heterocycles. The van der Waals surface area contributed by atoms with Crippen LogP contribution in [0.3, 0.4) is 0 Å². The summed E-state index contributed by atoms with van der Waals surface area (Å²) >= 11 is 8.51. The first-order valence-electron chi connectivity index (χ1n) is 6.61. The van der Waals surface area contributed by atoms with E-state index in [-0.39, 0.29) is 11.5 Å². The zero-order valence-electron chi connectivity index (χ0n) is 11.7. The Morgan fingerprint density at radius 1 is 1.30 bits per heavy atom. The van der Waals surface area contributed by atoms with Gasteiger partial charge >= 0.3 is 5.97 Å². The molecule has 5 nitrogen and oxygen atoms in total. The summed E-state index contributed by atoms with van der Waals surface area (Å²) in [6.45, 7) is 0. The number of nitrogens with one attached hydrogen (secondary N) is 1. The van der Waals surface area contributed by atoms with Crippen LogP contribution in [-0.2, 0) is 4.79 Å². The normalized spacial score (nSPS) is 16.5. The molecular weight excluding hydrogens is 356 g/mol. The molecule has 1 aliphatic heterocycles. The van der Waals surface area contributed by atoms with Crippen LogP contribution in [0.1, 0.15) is 10.4 Å². The predicted octanol–water partition coefficient (Wildman–Crippen LogP) is 3.85. The highest BCUT2D eigenvalue weighted by Gasteiger charge is 2.25. The van der Waals surface area contributed by atoms with Gasteiger partial charge in [0, 0.05) is 21.7 Å². The number of hydrogen-bond acceptors (Lipinski definition) is 5. The van der Waals surface area contributed by atoms with Crippen LogP contribution in [0.15, 0.2) is 34.6 Å². The summed E-state index contributed by atoms with van der Waals surface area (Å²) in [6, 6.07) is 6.43. The molecule has 1 unspecified atom stereocenters. The van der Waals surface area contributed by atoms with Crippen molar-refractivity contribution in [1.82, 2.24) is 0 Å². The molecule has 1 aliphatic rings. The number of carbonyl (C=O) groups excluding carboxylic acids is 1. The highest BCUT2D eigenvalue weighted by molar-refractivity contribution is 8.12. The summed E-state index contributed by atoms with van der Waals surface area (Å²) < 4.78 is 0. The highest BCUT2D eigenvalue weighted by atomic mass is 35.5. The van der Waals surface area contributed by atoms with E-state index in [1.54, 1.807) is 35.2 Å². The second-order valence-electron chi connectivity index (χ2n) is 4.76. The highest BCUT2D eigenvalue weighted by Crippen LogP contribution is 2.36. The first-order chi connectivity index (χ1) is 11.1. The Bertz CT molecular complexity index is 787. The molecule has 8 heteroatoms. The molecule has 0 saturated carbocycles. The first kappa shape index (κ1) is 16.0. The van der Waals surface area contributed by atoms with E-state index < -0.39 is 12.0 Å². The van der Waals surface area contributed by atoms with Crippen molar-refractivity contribution >= 4 is 57.1 Å². The van der Waals surface area contributed by atoms with Crippen molar-refractivity contribution in [2.24, 2.45) is 4.99 Å². The fraction of sp³-hybridized carbons (Fsp3) is 0.133. The van der Waals surface area contributed by atoms with E-state index in [1.807, 2.05) is 0 Å². The van der Waals surface area contributed by atoms with Gasteiger partial charge in [0.1, 0.15) is 16.6 Å². The van der Waals surface area contributed by atoms with E-state index in [1.165, 1.54) is 23.1 Å². The maximum Gasteiger partial charge on any atom is 0.339 e. The van der Waals surface area contributed by atoms with E-state index in [9.17, 15) is 14.7 Å². The Balaban J connectivity index is 1.92. The summed E-state index contributed by atoms with van der Waals surface area (Å²) in [5, 5.41) is 14.8. The van der Waals surface area contributed by atoms with Gasteiger partial charge in [0.2, 0.25) is 0 Å². The smallest absolute Gasteiger partial charge is 0.339 e. The van der Waals surface area contributed by atoms with Crippen LogP contribution in [0, 0.1) is 0 Å². The summed E-state index contributed by atoms with van der Waals surface area (Å²) in [7, 11) is 0. The predicted molar refractivity (Wildman–Crippen MR) is 95.1 cm³/mol. The van der Waals surface area contributed by atoms with Crippen molar-refractivity contribution in [3.63, 3.8) is 0 Å². The SMILES string of the molecule is O=C(O)c1c(-c2ccc(Cl)cc2)csc1NC(=O)C1CSC=N1. The lowest BCUT2D eigenvalue weighted by atomic mass is 10.0. The van der Waals surface area contributed by atoms with Gasteiger partial charge in [-0.1, -0.05) is 23.7 Å².